The lowest BCUT2D eigenvalue weighted by molar-refractivity contribution is -0.120. The Labute approximate surface area is 197 Å². The first-order chi connectivity index (χ1) is 15.3. The number of rotatable bonds is 9. The molecule has 8 heteroatoms. The third-order valence-corrected chi connectivity index (χ3v) is 7.67. The number of methoxy groups -OCH3 is 1. The van der Waals surface area contributed by atoms with E-state index in [9.17, 15) is 9.59 Å². The highest BCUT2D eigenvalue weighted by atomic mass is 32.2. The monoisotopic (exact) mass is 473 g/mol. The van der Waals surface area contributed by atoms with Crippen LogP contribution < -0.4 is 10.9 Å². The van der Waals surface area contributed by atoms with Crippen LogP contribution in [-0.4, -0.2) is 41.0 Å². The lowest BCUT2D eigenvalue weighted by Crippen LogP contribution is -2.33. The molecule has 0 radical (unpaired) electrons. The highest BCUT2D eigenvalue weighted by Crippen LogP contribution is 2.32. The topological polar surface area (TPSA) is 73.2 Å². The molecular weight excluding hydrogens is 442 g/mol. The number of carbonyl (C=O) groups is 1. The second-order valence-electron chi connectivity index (χ2n) is 7.87. The van der Waals surface area contributed by atoms with Crippen molar-refractivity contribution in [3.8, 4) is 5.69 Å². The SMILES string of the molecule is CCc1c(C)sc2nc(SC(C)C(=O)NCCCOC)n(-c3ccc(C)c(C)c3)c(=O)c12. The van der Waals surface area contributed by atoms with E-state index in [-0.39, 0.29) is 11.5 Å². The largest absolute Gasteiger partial charge is 0.385 e. The molecule has 0 aliphatic heterocycles. The maximum atomic E-state index is 13.7. The molecule has 0 saturated carbocycles. The fourth-order valence-corrected chi connectivity index (χ4v) is 5.68. The van der Waals surface area contributed by atoms with Crippen molar-refractivity contribution in [1.82, 2.24) is 14.9 Å². The number of fused-ring (bicyclic) bond motifs is 1. The summed E-state index contributed by atoms with van der Waals surface area (Å²) in [5.41, 5.74) is 4.02. The van der Waals surface area contributed by atoms with Crippen LogP contribution in [0.2, 0.25) is 0 Å². The van der Waals surface area contributed by atoms with Crippen molar-refractivity contribution in [3.63, 3.8) is 0 Å². The molecule has 0 spiro atoms. The number of nitrogens with one attached hydrogen (secondary N) is 1. The number of ether oxygens (including phenoxy) is 1. The average Bonchev–Trinajstić information content (AvgIpc) is 3.08. The minimum absolute atomic E-state index is 0.0744. The van der Waals surface area contributed by atoms with Crippen molar-refractivity contribution >= 4 is 39.2 Å². The average molecular weight is 474 g/mol. The quantitative estimate of drug-likeness (QED) is 0.280. The van der Waals surface area contributed by atoms with E-state index in [1.807, 2.05) is 45.9 Å². The number of aryl methyl sites for hydroxylation is 4. The molecule has 0 bridgehead atoms. The Morgan fingerprint density at radius 3 is 2.69 bits per heavy atom. The van der Waals surface area contributed by atoms with E-state index < -0.39 is 5.25 Å². The lowest BCUT2D eigenvalue weighted by Gasteiger charge is -2.17. The van der Waals surface area contributed by atoms with E-state index in [1.54, 1.807) is 23.0 Å². The predicted octanol–water partition coefficient (Wildman–Crippen LogP) is 4.57. The number of thiophene rings is 1. The molecule has 2 heterocycles. The van der Waals surface area contributed by atoms with Gasteiger partial charge in [-0.25, -0.2) is 4.98 Å². The van der Waals surface area contributed by atoms with E-state index in [0.29, 0.717) is 23.7 Å². The van der Waals surface area contributed by atoms with Gasteiger partial charge >= 0.3 is 0 Å². The van der Waals surface area contributed by atoms with Crippen LogP contribution in [0, 0.1) is 20.8 Å². The Balaban J connectivity index is 2.07. The van der Waals surface area contributed by atoms with Gasteiger partial charge in [0, 0.05) is 25.1 Å². The van der Waals surface area contributed by atoms with Gasteiger partial charge in [0.15, 0.2) is 5.16 Å². The zero-order valence-corrected chi connectivity index (χ0v) is 21.2. The first-order valence-electron chi connectivity index (χ1n) is 10.8. The second kappa shape index (κ2) is 10.6. The molecule has 1 aromatic carbocycles. The number of benzene rings is 1. The molecule has 2 aromatic heterocycles. The fraction of sp³-hybridized carbons (Fsp3) is 0.458. The summed E-state index contributed by atoms with van der Waals surface area (Å²) in [7, 11) is 1.64. The molecule has 1 unspecified atom stereocenters. The van der Waals surface area contributed by atoms with Crippen LogP contribution in [0.4, 0.5) is 0 Å². The summed E-state index contributed by atoms with van der Waals surface area (Å²) in [5, 5.41) is 3.76. The summed E-state index contributed by atoms with van der Waals surface area (Å²) in [6.07, 6.45) is 1.54. The van der Waals surface area contributed by atoms with Crippen molar-refractivity contribution in [2.75, 3.05) is 20.3 Å². The number of hydrogen-bond donors (Lipinski definition) is 1. The Kier molecular flexibility index (Phi) is 8.14. The lowest BCUT2D eigenvalue weighted by atomic mass is 10.1. The highest BCUT2D eigenvalue weighted by molar-refractivity contribution is 8.00. The van der Waals surface area contributed by atoms with Gasteiger partial charge in [0.2, 0.25) is 5.91 Å². The summed E-state index contributed by atoms with van der Waals surface area (Å²) in [5.74, 6) is -0.0799. The predicted molar refractivity (Wildman–Crippen MR) is 134 cm³/mol. The number of carbonyl (C=O) groups excluding carboxylic acids is 1. The summed E-state index contributed by atoms with van der Waals surface area (Å²) >= 11 is 2.86. The first kappa shape index (κ1) is 24.5. The van der Waals surface area contributed by atoms with Gasteiger partial charge in [-0.3, -0.25) is 14.2 Å². The zero-order valence-electron chi connectivity index (χ0n) is 19.6. The summed E-state index contributed by atoms with van der Waals surface area (Å²) in [6, 6.07) is 5.97. The van der Waals surface area contributed by atoms with Gasteiger partial charge in [0.25, 0.3) is 5.56 Å². The minimum atomic E-state index is -0.397. The van der Waals surface area contributed by atoms with Gasteiger partial charge in [0.1, 0.15) is 4.83 Å². The molecule has 1 N–H and O–H groups in total. The molecule has 3 aromatic rings. The molecule has 0 aliphatic rings. The number of hydrogen-bond acceptors (Lipinski definition) is 6. The van der Waals surface area contributed by atoms with Crippen LogP contribution in [0.15, 0.2) is 28.2 Å². The van der Waals surface area contributed by atoms with Gasteiger partial charge < -0.3 is 10.1 Å². The standard InChI is InChI=1S/C24H31N3O3S2/c1-7-19-16(4)31-22-20(19)23(29)27(18-10-9-14(2)15(3)13-18)24(26-22)32-17(5)21(28)25-11-8-12-30-6/h9-10,13,17H,7-8,11-12H2,1-6H3,(H,25,28). The van der Waals surface area contributed by atoms with Crippen LogP contribution in [0.5, 0.6) is 0 Å². The van der Waals surface area contributed by atoms with Crippen LogP contribution in [0.3, 0.4) is 0 Å². The van der Waals surface area contributed by atoms with E-state index in [0.717, 1.165) is 44.9 Å². The van der Waals surface area contributed by atoms with Crippen molar-refractivity contribution in [1.29, 1.82) is 0 Å². The molecule has 3 rings (SSSR count). The van der Waals surface area contributed by atoms with E-state index in [4.69, 9.17) is 9.72 Å². The maximum absolute atomic E-state index is 13.7. The summed E-state index contributed by atoms with van der Waals surface area (Å²) in [4.78, 5) is 33.1. The number of nitrogens with zero attached hydrogens (tertiary/aromatic N) is 2. The molecule has 1 atom stereocenters. The van der Waals surface area contributed by atoms with Crippen LogP contribution in [-0.2, 0) is 16.0 Å². The van der Waals surface area contributed by atoms with Gasteiger partial charge in [-0.2, -0.15) is 0 Å². The van der Waals surface area contributed by atoms with Crippen molar-refractivity contribution in [3.05, 3.63) is 50.1 Å². The number of thioether (sulfide) groups is 1. The van der Waals surface area contributed by atoms with Crippen molar-refractivity contribution in [2.45, 2.75) is 57.9 Å². The Bertz CT molecular complexity index is 1180. The van der Waals surface area contributed by atoms with Gasteiger partial charge in [-0.15, -0.1) is 11.3 Å². The third kappa shape index (κ3) is 5.08. The fourth-order valence-electron chi connectivity index (χ4n) is 3.58. The van der Waals surface area contributed by atoms with E-state index in [2.05, 4.69) is 12.2 Å². The second-order valence-corrected chi connectivity index (χ2v) is 10.4. The summed E-state index contributed by atoms with van der Waals surface area (Å²) in [6.45, 7) is 11.2. The molecular formula is C24H31N3O3S2. The minimum Gasteiger partial charge on any atom is -0.385 e. The zero-order chi connectivity index (χ0) is 23.4. The Morgan fingerprint density at radius 1 is 1.28 bits per heavy atom. The van der Waals surface area contributed by atoms with Crippen molar-refractivity contribution < 1.29 is 9.53 Å². The summed E-state index contributed by atoms with van der Waals surface area (Å²) < 4.78 is 6.70. The van der Waals surface area contributed by atoms with E-state index in [1.165, 1.54) is 11.8 Å². The van der Waals surface area contributed by atoms with Gasteiger partial charge in [-0.05, 0) is 69.4 Å². The smallest absolute Gasteiger partial charge is 0.267 e. The third-order valence-electron chi connectivity index (χ3n) is 5.57. The molecule has 6 nitrogen and oxygen atoms in total. The van der Waals surface area contributed by atoms with Gasteiger partial charge in [0.05, 0.1) is 16.3 Å². The van der Waals surface area contributed by atoms with E-state index >= 15 is 0 Å². The number of aromatic nitrogens is 2. The molecule has 0 aliphatic carbocycles. The molecule has 32 heavy (non-hydrogen) atoms. The Morgan fingerprint density at radius 2 is 2.03 bits per heavy atom. The van der Waals surface area contributed by atoms with Crippen LogP contribution in [0.1, 0.15) is 41.8 Å². The highest BCUT2D eigenvalue weighted by Gasteiger charge is 2.23. The van der Waals surface area contributed by atoms with Gasteiger partial charge in [-0.1, -0.05) is 24.8 Å². The molecule has 0 fully saturated rings. The molecule has 0 saturated heterocycles. The maximum Gasteiger partial charge on any atom is 0.267 e. The van der Waals surface area contributed by atoms with Crippen LogP contribution in [0.25, 0.3) is 15.9 Å². The normalized spacial score (nSPS) is 12.3. The molecule has 172 valence electrons. The van der Waals surface area contributed by atoms with Crippen LogP contribution >= 0.6 is 23.1 Å². The first-order valence-corrected chi connectivity index (χ1v) is 12.5. The Hall–Kier alpha value is -2.16. The molecule has 1 amide bonds. The van der Waals surface area contributed by atoms with Crippen molar-refractivity contribution in [2.24, 2.45) is 0 Å². The number of amides is 1.